The van der Waals surface area contributed by atoms with Crippen LogP contribution in [0.1, 0.15) is 36.6 Å². The van der Waals surface area contributed by atoms with Crippen LogP contribution in [-0.4, -0.2) is 7.11 Å². The first-order valence-corrected chi connectivity index (χ1v) is 7.03. The Balaban J connectivity index is 2.32. The lowest BCUT2D eigenvalue weighted by Gasteiger charge is -2.20. The number of methoxy groups -OCH3 is 1. The van der Waals surface area contributed by atoms with Crippen LogP contribution in [0.5, 0.6) is 5.75 Å². The fourth-order valence-corrected chi connectivity index (χ4v) is 3.22. The SMILES string of the molecule is COc1cc(F)c(Br)cc1C(Cl)C1CCCC1. The third kappa shape index (κ3) is 2.76. The smallest absolute Gasteiger partial charge is 0.141 e. The highest BCUT2D eigenvalue weighted by Gasteiger charge is 2.27. The molecule has 0 spiro atoms. The number of benzene rings is 1. The van der Waals surface area contributed by atoms with E-state index in [0.717, 1.165) is 18.4 Å². The molecule has 0 bridgehead atoms. The topological polar surface area (TPSA) is 9.23 Å². The van der Waals surface area contributed by atoms with Crippen LogP contribution < -0.4 is 4.74 Å². The maximum absolute atomic E-state index is 13.4. The molecule has 94 valence electrons. The Morgan fingerprint density at radius 3 is 2.65 bits per heavy atom. The van der Waals surface area contributed by atoms with E-state index < -0.39 is 0 Å². The van der Waals surface area contributed by atoms with E-state index in [1.54, 1.807) is 13.2 Å². The van der Waals surface area contributed by atoms with Crippen molar-refractivity contribution in [3.05, 3.63) is 28.0 Å². The molecule has 1 nitrogen and oxygen atoms in total. The quantitative estimate of drug-likeness (QED) is 0.706. The van der Waals surface area contributed by atoms with E-state index in [4.69, 9.17) is 16.3 Å². The average molecular weight is 322 g/mol. The Morgan fingerprint density at radius 1 is 1.41 bits per heavy atom. The monoisotopic (exact) mass is 320 g/mol. The van der Waals surface area contributed by atoms with Crippen LogP contribution >= 0.6 is 27.5 Å². The molecule has 4 heteroatoms. The second-order valence-electron chi connectivity index (χ2n) is 4.45. The lowest BCUT2D eigenvalue weighted by molar-refractivity contribution is 0.398. The van der Waals surface area contributed by atoms with Gasteiger partial charge in [0, 0.05) is 11.6 Å². The minimum Gasteiger partial charge on any atom is -0.496 e. The minimum absolute atomic E-state index is 0.0932. The van der Waals surface area contributed by atoms with Crippen molar-refractivity contribution in [2.75, 3.05) is 7.11 Å². The molecule has 0 N–H and O–H groups in total. The third-order valence-electron chi connectivity index (χ3n) is 3.38. The molecule has 0 aromatic heterocycles. The summed E-state index contributed by atoms with van der Waals surface area (Å²) in [6.45, 7) is 0. The van der Waals surface area contributed by atoms with Crippen molar-refractivity contribution >= 4 is 27.5 Å². The summed E-state index contributed by atoms with van der Waals surface area (Å²) in [5.74, 6) is 0.696. The number of alkyl halides is 1. The first-order chi connectivity index (χ1) is 8.13. The van der Waals surface area contributed by atoms with Gasteiger partial charge < -0.3 is 4.74 Å². The Kier molecular flexibility index (Phi) is 4.31. The summed E-state index contributed by atoms with van der Waals surface area (Å²) in [5.41, 5.74) is 0.884. The average Bonchev–Trinajstić information content (AvgIpc) is 2.84. The number of hydrogen-bond acceptors (Lipinski definition) is 1. The van der Waals surface area contributed by atoms with Gasteiger partial charge in [-0.25, -0.2) is 4.39 Å². The van der Waals surface area contributed by atoms with Crippen molar-refractivity contribution in [1.82, 2.24) is 0 Å². The first kappa shape index (κ1) is 13.2. The van der Waals surface area contributed by atoms with Gasteiger partial charge in [-0.05, 0) is 40.8 Å². The van der Waals surface area contributed by atoms with Crippen LogP contribution in [0.4, 0.5) is 4.39 Å². The van der Waals surface area contributed by atoms with Gasteiger partial charge in [0.1, 0.15) is 11.6 Å². The Morgan fingerprint density at radius 2 is 2.06 bits per heavy atom. The second-order valence-corrected chi connectivity index (χ2v) is 5.78. The second kappa shape index (κ2) is 5.57. The van der Waals surface area contributed by atoms with Crippen molar-refractivity contribution < 1.29 is 9.13 Å². The van der Waals surface area contributed by atoms with Gasteiger partial charge in [-0.15, -0.1) is 11.6 Å². The molecular weight excluding hydrogens is 306 g/mol. The van der Waals surface area contributed by atoms with E-state index in [0.29, 0.717) is 16.1 Å². The van der Waals surface area contributed by atoms with E-state index in [-0.39, 0.29) is 11.2 Å². The van der Waals surface area contributed by atoms with Gasteiger partial charge in [0.25, 0.3) is 0 Å². The largest absolute Gasteiger partial charge is 0.496 e. The molecule has 1 saturated carbocycles. The summed E-state index contributed by atoms with van der Waals surface area (Å²) in [5, 5.41) is -0.0932. The lowest BCUT2D eigenvalue weighted by atomic mass is 9.96. The molecule has 0 amide bonds. The summed E-state index contributed by atoms with van der Waals surface area (Å²) in [6, 6.07) is 3.13. The van der Waals surface area contributed by atoms with E-state index in [9.17, 15) is 4.39 Å². The summed E-state index contributed by atoms with van der Waals surface area (Å²) >= 11 is 9.69. The Bertz CT molecular complexity index is 405. The zero-order valence-electron chi connectivity index (χ0n) is 9.68. The van der Waals surface area contributed by atoms with Crippen LogP contribution in [0.15, 0.2) is 16.6 Å². The minimum atomic E-state index is -0.319. The van der Waals surface area contributed by atoms with E-state index >= 15 is 0 Å². The van der Waals surface area contributed by atoms with E-state index in [1.807, 2.05) is 0 Å². The molecule has 0 aliphatic heterocycles. The highest BCUT2D eigenvalue weighted by Crippen LogP contribution is 2.44. The number of ether oxygens (including phenoxy) is 1. The van der Waals surface area contributed by atoms with Crippen molar-refractivity contribution in [2.45, 2.75) is 31.1 Å². The molecule has 1 aromatic rings. The van der Waals surface area contributed by atoms with Crippen molar-refractivity contribution in [3.63, 3.8) is 0 Å². The summed E-state index contributed by atoms with van der Waals surface area (Å²) < 4.78 is 19.1. The fourth-order valence-electron chi connectivity index (χ4n) is 2.44. The van der Waals surface area contributed by atoms with Crippen LogP contribution in [0, 0.1) is 11.7 Å². The highest BCUT2D eigenvalue weighted by molar-refractivity contribution is 9.10. The van der Waals surface area contributed by atoms with E-state index in [1.165, 1.54) is 18.9 Å². The Labute approximate surface area is 114 Å². The van der Waals surface area contributed by atoms with Crippen molar-refractivity contribution in [2.24, 2.45) is 5.92 Å². The zero-order chi connectivity index (χ0) is 12.4. The molecular formula is C13H15BrClFO. The molecule has 1 atom stereocenters. The maximum atomic E-state index is 13.4. The zero-order valence-corrected chi connectivity index (χ0v) is 12.0. The highest BCUT2D eigenvalue weighted by atomic mass is 79.9. The number of rotatable bonds is 3. The van der Waals surface area contributed by atoms with Gasteiger partial charge in [0.15, 0.2) is 0 Å². The molecule has 1 aliphatic rings. The molecule has 1 unspecified atom stereocenters. The van der Waals surface area contributed by atoms with Gasteiger partial charge in [-0.1, -0.05) is 12.8 Å². The maximum Gasteiger partial charge on any atom is 0.141 e. The lowest BCUT2D eigenvalue weighted by Crippen LogP contribution is -2.06. The van der Waals surface area contributed by atoms with Crippen molar-refractivity contribution in [3.8, 4) is 5.75 Å². The third-order valence-corrected chi connectivity index (χ3v) is 4.58. The normalized spacial score (nSPS) is 18.4. The molecule has 17 heavy (non-hydrogen) atoms. The van der Waals surface area contributed by atoms with Gasteiger partial charge in [0.2, 0.25) is 0 Å². The van der Waals surface area contributed by atoms with Crippen LogP contribution in [0.2, 0.25) is 0 Å². The van der Waals surface area contributed by atoms with Crippen LogP contribution in [0.3, 0.4) is 0 Å². The summed E-state index contributed by atoms with van der Waals surface area (Å²) in [4.78, 5) is 0. The van der Waals surface area contributed by atoms with E-state index in [2.05, 4.69) is 15.9 Å². The molecule has 0 radical (unpaired) electrons. The standard InChI is InChI=1S/C13H15BrClFO/c1-17-12-7-11(16)10(14)6-9(12)13(15)8-4-2-3-5-8/h6-8,13H,2-5H2,1H3. The summed E-state index contributed by atoms with van der Waals surface area (Å²) in [6.07, 6.45) is 4.76. The first-order valence-electron chi connectivity index (χ1n) is 5.80. The molecule has 2 rings (SSSR count). The fraction of sp³-hybridized carbons (Fsp3) is 0.538. The van der Waals surface area contributed by atoms with Gasteiger partial charge in [-0.3, -0.25) is 0 Å². The van der Waals surface area contributed by atoms with Gasteiger partial charge in [-0.2, -0.15) is 0 Å². The van der Waals surface area contributed by atoms with Gasteiger partial charge in [0.05, 0.1) is 17.0 Å². The molecule has 1 fully saturated rings. The number of halogens is 3. The molecule has 1 aromatic carbocycles. The predicted octanol–water partition coefficient (Wildman–Crippen LogP) is 5.07. The molecule has 0 heterocycles. The van der Waals surface area contributed by atoms with Gasteiger partial charge >= 0.3 is 0 Å². The molecule has 0 saturated heterocycles. The van der Waals surface area contributed by atoms with Crippen LogP contribution in [-0.2, 0) is 0 Å². The molecule has 1 aliphatic carbocycles. The predicted molar refractivity (Wildman–Crippen MR) is 71.2 cm³/mol. The Hall–Kier alpha value is -0.280. The van der Waals surface area contributed by atoms with Crippen LogP contribution in [0.25, 0.3) is 0 Å². The van der Waals surface area contributed by atoms with Crippen molar-refractivity contribution in [1.29, 1.82) is 0 Å². The summed E-state index contributed by atoms with van der Waals surface area (Å²) in [7, 11) is 1.55. The number of hydrogen-bond donors (Lipinski definition) is 0.